The van der Waals surface area contributed by atoms with E-state index in [0.29, 0.717) is 72.5 Å². The van der Waals surface area contributed by atoms with Crippen LogP contribution in [-0.4, -0.2) is 30.8 Å². The first-order valence-corrected chi connectivity index (χ1v) is 37.4. The lowest BCUT2D eigenvalue weighted by Crippen LogP contribution is -2.61. The molecule has 0 N–H and O–H groups in total. The number of hydrogen-bond acceptors (Lipinski definition) is 5. The highest BCUT2D eigenvalue weighted by atomic mass is 15.2. The van der Waals surface area contributed by atoms with Gasteiger partial charge in [0.25, 0.3) is 6.71 Å². The van der Waals surface area contributed by atoms with Gasteiger partial charge in [0.1, 0.15) is 0 Å². The number of aromatic nitrogens is 5. The number of fused-ring (bicyclic) bond motifs is 10. The number of benzene rings is 15. The van der Waals surface area contributed by atoms with Crippen LogP contribution in [0.1, 0.15) is 115 Å². The fraction of sp³-hybridized carbons (Fsp3) is 0.114. The predicted molar refractivity (Wildman–Crippen MR) is 477 cm³/mol. The molecule has 2 aliphatic rings. The van der Waals surface area contributed by atoms with Crippen molar-refractivity contribution in [1.29, 1.82) is 0 Å². The van der Waals surface area contributed by atoms with E-state index in [1.165, 1.54) is 9.13 Å². The summed E-state index contributed by atoms with van der Waals surface area (Å²) in [5.74, 6) is -1.49. The van der Waals surface area contributed by atoms with E-state index < -0.39 is 203 Å². The molecule has 0 aliphatic carbocycles. The third kappa shape index (κ3) is 11.8. The molecule has 3 aromatic heterocycles. The highest BCUT2D eigenvalue weighted by molar-refractivity contribution is 7.00. The van der Waals surface area contributed by atoms with E-state index in [1.54, 1.807) is 18.2 Å². The van der Waals surface area contributed by atoms with Crippen molar-refractivity contribution >= 4 is 101 Å². The van der Waals surface area contributed by atoms with E-state index in [1.807, 2.05) is 159 Å². The number of rotatable bonds is 11. The molecule has 8 heteroatoms. The Labute approximate surface area is 698 Å². The van der Waals surface area contributed by atoms with Crippen molar-refractivity contribution in [3.8, 4) is 90.0 Å². The second kappa shape index (κ2) is 26.7. The van der Waals surface area contributed by atoms with Crippen molar-refractivity contribution in [1.82, 2.24) is 24.1 Å². The molecule has 0 saturated carbocycles. The van der Waals surface area contributed by atoms with Gasteiger partial charge in [-0.15, -0.1) is 0 Å². The molecule has 0 bridgehead atoms. The summed E-state index contributed by atoms with van der Waals surface area (Å²) in [6, 6.07) is 42.7. The lowest BCUT2D eigenvalue weighted by atomic mass is 9.33. The normalized spacial score (nSPS) is 16.0. The molecule has 0 radical (unpaired) electrons. The zero-order valence-electron chi connectivity index (χ0n) is 89.1. The fourth-order valence-electron chi connectivity index (χ4n) is 16.1. The van der Waals surface area contributed by atoms with Crippen LogP contribution in [0.5, 0.6) is 0 Å². The van der Waals surface area contributed by atoms with Gasteiger partial charge in [-0.3, -0.25) is 0 Å². The molecule has 0 amide bonds. The fourth-order valence-corrected chi connectivity index (χ4v) is 16.1. The first kappa shape index (κ1) is 46.3. The smallest absolute Gasteiger partial charge is 0.252 e. The minimum Gasteiger partial charge on any atom is -0.311 e. The Bertz CT molecular complexity index is 8150. The maximum Gasteiger partial charge on any atom is 0.252 e. The second-order valence-electron chi connectivity index (χ2n) is 31.7. The molecule has 18 aromatic rings. The van der Waals surface area contributed by atoms with Crippen LogP contribution >= 0.6 is 0 Å². The van der Waals surface area contributed by atoms with Gasteiger partial charge in [-0.2, -0.15) is 0 Å². The summed E-state index contributed by atoms with van der Waals surface area (Å²) >= 11 is 0. The standard InChI is InChI=1S/C105H84BN7/c1-103(2,3)75-57-73(58-76(62-75)104(4,5)6)74-60-96-98-97(61-74)113(99-85(69-37-19-12-20-38-69)63-77(105(7,8)9)64-86(99)102-108-100(70-39-21-13-22-40-70)107-101(109-102)71-41-23-14-24-42-71)95-66-79(111-91-49-31-27-45-82(91)83-46-28-32-50-92(83)111)53-55-88(95)106(98)87-54-52-78(110-89-47-29-25-43-80(89)81-44-26-30-48-90(81)110)65-94(87)112(96)93-56-51-72(67-33-15-10-16-34-67)59-84(93)68-35-17-11-18-36-68/h10-66H,1-9H3/i13D,14D,21D,22D,23D,24D,25D,26D,27D,28D,29D,30D,31D,32D,39D,40D,41D,42D,43D,44D,45D,46D,47D,48D,49D,50D. The lowest BCUT2D eigenvalue weighted by Gasteiger charge is -2.46. The Morgan fingerprint density at radius 3 is 1.13 bits per heavy atom. The van der Waals surface area contributed by atoms with E-state index in [-0.39, 0.29) is 77.7 Å². The largest absolute Gasteiger partial charge is 0.311 e. The summed E-state index contributed by atoms with van der Waals surface area (Å²) in [4.78, 5) is 19.6. The first-order chi connectivity index (χ1) is 65.7. The Morgan fingerprint density at radius 1 is 0.274 bits per heavy atom. The molecule has 2 aliphatic heterocycles. The number of para-hydroxylation sites is 4. The topological polar surface area (TPSA) is 55.0 Å². The average Bonchev–Trinajstić information content (AvgIpc) is 1.33. The summed E-state index contributed by atoms with van der Waals surface area (Å²) < 4.78 is 249. The van der Waals surface area contributed by atoms with Crippen LogP contribution in [0.4, 0.5) is 34.1 Å². The Hall–Kier alpha value is -13.4. The third-order valence-electron chi connectivity index (χ3n) is 21.7. The highest BCUT2D eigenvalue weighted by Crippen LogP contribution is 2.55. The summed E-state index contributed by atoms with van der Waals surface area (Å²) in [5, 5.41) is -0.778. The summed E-state index contributed by atoms with van der Waals surface area (Å²) in [7, 11) is 0. The van der Waals surface area contributed by atoms with Gasteiger partial charge in [0.2, 0.25) is 0 Å². The van der Waals surface area contributed by atoms with Crippen molar-refractivity contribution in [2.75, 3.05) is 9.80 Å². The Morgan fingerprint density at radius 2 is 0.664 bits per heavy atom. The Kier molecular flexibility index (Phi) is 10.9. The van der Waals surface area contributed by atoms with Crippen LogP contribution in [-0.2, 0) is 16.2 Å². The minimum absolute atomic E-state index is 0.0760. The molecular formula is C105H84BN7. The van der Waals surface area contributed by atoms with Crippen molar-refractivity contribution in [2.24, 2.45) is 0 Å². The first-order valence-electron chi connectivity index (χ1n) is 50.4. The van der Waals surface area contributed by atoms with Gasteiger partial charge in [0.15, 0.2) is 17.5 Å². The van der Waals surface area contributed by atoms with Gasteiger partial charge in [-0.25, -0.2) is 15.0 Å². The Balaban J connectivity index is 1.04. The predicted octanol–water partition coefficient (Wildman–Crippen LogP) is 25.7. The maximum atomic E-state index is 10.1. The monoisotopic (exact) mass is 1480 g/mol. The van der Waals surface area contributed by atoms with Crippen LogP contribution in [0, 0.1) is 0 Å². The van der Waals surface area contributed by atoms with Gasteiger partial charge in [0.05, 0.1) is 69.1 Å². The van der Waals surface area contributed by atoms with Crippen LogP contribution in [0.3, 0.4) is 0 Å². The SMILES string of the molecule is [2H]c1c([2H])c([2H])c(-c2nc(-c3cc(C(C)(C)C)cc(-c4ccccc4)c3N3c4cc(-n5c6c([2H])c([2H])c([2H])c([2H])c6c6c([2H])c([2H])c([2H])c([2H])c65)ccc4B4c5ccc(-n6c7c([2H])c([2H])c([2H])c([2H])c7c7c([2H])c([2H])c([2H])c([2H])c76)cc5N(c5ccc(-c6ccccc6)cc5-c5ccccc5)c5cc(-c6cc(C(C)(C)C)cc(C(C)(C)C)c6)cc3c54)nc(-c3c([2H])c([2H])c([2H])c([2H])c3[2H])n2)c([2H])c1[2H]. The van der Waals surface area contributed by atoms with Crippen LogP contribution in [0.15, 0.2) is 345 Å². The quantitative estimate of drug-likeness (QED) is 0.121. The molecule has 0 spiro atoms. The van der Waals surface area contributed by atoms with Gasteiger partial charge < -0.3 is 18.9 Å². The van der Waals surface area contributed by atoms with Crippen molar-refractivity contribution in [3.05, 3.63) is 362 Å². The molecule has 15 aromatic carbocycles. The van der Waals surface area contributed by atoms with Crippen LogP contribution in [0.25, 0.3) is 134 Å². The van der Waals surface area contributed by atoms with Gasteiger partial charge in [-0.1, -0.05) is 323 Å². The van der Waals surface area contributed by atoms with Crippen LogP contribution < -0.4 is 26.2 Å². The van der Waals surface area contributed by atoms with E-state index >= 15 is 0 Å². The van der Waals surface area contributed by atoms with E-state index in [0.717, 1.165) is 27.8 Å². The van der Waals surface area contributed by atoms with Crippen LogP contribution in [0.2, 0.25) is 0 Å². The maximum absolute atomic E-state index is 10.1. The van der Waals surface area contributed by atoms with Gasteiger partial charge >= 0.3 is 0 Å². The number of nitrogens with zero attached hydrogens (tertiary/aromatic N) is 7. The highest BCUT2D eigenvalue weighted by Gasteiger charge is 2.46. The van der Waals surface area contributed by atoms with Crippen molar-refractivity contribution in [3.63, 3.8) is 0 Å². The molecule has 0 unspecified atom stereocenters. The van der Waals surface area contributed by atoms with E-state index in [9.17, 15) is 30.2 Å². The molecule has 5 heterocycles. The molecule has 0 fully saturated rings. The van der Waals surface area contributed by atoms with Crippen molar-refractivity contribution in [2.45, 2.75) is 78.6 Å². The average molecular weight is 1480 g/mol. The lowest BCUT2D eigenvalue weighted by molar-refractivity contribution is 0.569. The molecule has 0 atom stereocenters. The summed E-state index contributed by atoms with van der Waals surface area (Å²) in [6.07, 6.45) is 0. The van der Waals surface area contributed by atoms with E-state index in [2.05, 4.69) is 82.8 Å². The third-order valence-corrected chi connectivity index (χ3v) is 21.7. The van der Waals surface area contributed by atoms with Gasteiger partial charge in [0, 0.05) is 83.5 Å². The van der Waals surface area contributed by atoms with Gasteiger partial charge in [-0.05, 0) is 168 Å². The number of hydrogen-bond donors (Lipinski definition) is 0. The minimum atomic E-state index is -1.06. The summed E-state index contributed by atoms with van der Waals surface area (Å²) in [6.45, 7) is 17.6. The zero-order valence-corrected chi connectivity index (χ0v) is 63.1. The van der Waals surface area contributed by atoms with E-state index in [4.69, 9.17) is 20.4 Å². The second-order valence-corrected chi connectivity index (χ2v) is 31.7. The summed E-state index contributed by atoms with van der Waals surface area (Å²) in [5.41, 5.74) is 8.30. The molecular weight excluding hydrogens is 1370 g/mol. The molecule has 0 saturated heterocycles. The molecule has 7 nitrogen and oxygen atoms in total. The molecule has 113 heavy (non-hydrogen) atoms. The molecule has 542 valence electrons. The number of anilines is 6. The molecule has 20 rings (SSSR count). The van der Waals surface area contributed by atoms with Crippen molar-refractivity contribution < 1.29 is 35.6 Å². The zero-order chi connectivity index (χ0) is 99.2.